The molecule has 0 atom stereocenters. The summed E-state index contributed by atoms with van der Waals surface area (Å²) in [5.74, 6) is 5.03. The fourth-order valence-electron chi connectivity index (χ4n) is 1.46. The number of aliphatic imine (C=N–C) groups is 1. The van der Waals surface area contributed by atoms with Gasteiger partial charge in [0.2, 0.25) is 5.96 Å². The van der Waals surface area contributed by atoms with Gasteiger partial charge in [0, 0.05) is 5.69 Å². The lowest BCUT2D eigenvalue weighted by atomic mass is 10.3. The summed E-state index contributed by atoms with van der Waals surface area (Å²) >= 11 is 5.89. The molecule has 6 heteroatoms. The monoisotopic (exact) mass is 278 g/mol. The highest BCUT2D eigenvalue weighted by Gasteiger charge is 2.07. The van der Waals surface area contributed by atoms with Crippen molar-refractivity contribution >= 4 is 28.9 Å². The molecule has 98 valence electrons. The SMILES string of the molecule is NNC(=Nc1c(F)cccc1Cl)Nc1ccccc1. The van der Waals surface area contributed by atoms with Gasteiger partial charge in [-0.2, -0.15) is 0 Å². The van der Waals surface area contributed by atoms with E-state index in [4.69, 9.17) is 17.4 Å². The fourth-order valence-corrected chi connectivity index (χ4v) is 1.67. The molecular weight excluding hydrogens is 267 g/mol. The van der Waals surface area contributed by atoms with Crippen molar-refractivity contribution in [3.63, 3.8) is 0 Å². The molecule has 0 aliphatic carbocycles. The molecule has 0 aliphatic rings. The van der Waals surface area contributed by atoms with Gasteiger partial charge in [-0.15, -0.1) is 0 Å². The Morgan fingerprint density at radius 3 is 2.47 bits per heavy atom. The van der Waals surface area contributed by atoms with Crippen molar-refractivity contribution in [1.29, 1.82) is 0 Å². The van der Waals surface area contributed by atoms with E-state index < -0.39 is 5.82 Å². The lowest BCUT2D eigenvalue weighted by molar-refractivity contribution is 0.630. The van der Waals surface area contributed by atoms with E-state index in [9.17, 15) is 4.39 Å². The zero-order chi connectivity index (χ0) is 13.7. The molecule has 0 aromatic heterocycles. The first-order valence-corrected chi connectivity index (χ1v) is 5.90. The van der Waals surface area contributed by atoms with E-state index in [0.29, 0.717) is 0 Å². The van der Waals surface area contributed by atoms with Crippen molar-refractivity contribution in [2.75, 3.05) is 5.32 Å². The van der Waals surface area contributed by atoms with Gasteiger partial charge in [0.15, 0.2) is 0 Å². The highest BCUT2D eigenvalue weighted by Crippen LogP contribution is 2.27. The van der Waals surface area contributed by atoms with E-state index in [2.05, 4.69) is 15.7 Å². The molecule has 0 amide bonds. The molecule has 0 saturated carbocycles. The molecule has 2 rings (SSSR count). The van der Waals surface area contributed by atoms with Crippen LogP contribution >= 0.6 is 11.6 Å². The molecule has 0 unspecified atom stereocenters. The molecular formula is C13H12ClFN4. The Morgan fingerprint density at radius 1 is 1.11 bits per heavy atom. The topological polar surface area (TPSA) is 62.4 Å². The highest BCUT2D eigenvalue weighted by molar-refractivity contribution is 6.33. The van der Waals surface area contributed by atoms with Crippen molar-refractivity contribution in [1.82, 2.24) is 5.43 Å². The second-order valence-electron chi connectivity index (χ2n) is 3.67. The molecule has 4 N–H and O–H groups in total. The third-order valence-corrected chi connectivity index (χ3v) is 2.64. The number of nitrogens with one attached hydrogen (secondary N) is 2. The Balaban J connectivity index is 2.29. The van der Waals surface area contributed by atoms with Crippen LogP contribution in [0.15, 0.2) is 53.5 Å². The van der Waals surface area contributed by atoms with Gasteiger partial charge in [0.05, 0.1) is 5.02 Å². The van der Waals surface area contributed by atoms with Crippen molar-refractivity contribution in [3.8, 4) is 0 Å². The summed E-state index contributed by atoms with van der Waals surface area (Å²) < 4.78 is 13.6. The maximum Gasteiger partial charge on any atom is 0.215 e. The minimum atomic E-state index is -0.518. The molecule has 0 heterocycles. The molecule has 0 bridgehead atoms. The van der Waals surface area contributed by atoms with Crippen LogP contribution in [0.25, 0.3) is 0 Å². The second kappa shape index (κ2) is 6.17. The Labute approximate surface area is 115 Å². The molecule has 0 aliphatic heterocycles. The van der Waals surface area contributed by atoms with Crippen LogP contribution in [0.5, 0.6) is 0 Å². The number of nitrogens with two attached hydrogens (primary N) is 1. The van der Waals surface area contributed by atoms with Crippen LogP contribution in [0.3, 0.4) is 0 Å². The van der Waals surface area contributed by atoms with Crippen LogP contribution < -0.4 is 16.6 Å². The molecule has 0 spiro atoms. The minimum absolute atomic E-state index is 0.0283. The van der Waals surface area contributed by atoms with E-state index in [0.717, 1.165) is 5.69 Å². The third-order valence-electron chi connectivity index (χ3n) is 2.33. The summed E-state index contributed by atoms with van der Waals surface area (Å²) in [5.41, 5.74) is 3.17. The van der Waals surface area contributed by atoms with Crippen molar-refractivity contribution in [2.45, 2.75) is 0 Å². The summed E-state index contributed by atoms with van der Waals surface area (Å²) in [5, 5.41) is 3.13. The zero-order valence-electron chi connectivity index (χ0n) is 9.90. The van der Waals surface area contributed by atoms with Crippen LogP contribution in [0.1, 0.15) is 0 Å². The summed E-state index contributed by atoms with van der Waals surface area (Å²) in [6, 6.07) is 13.6. The molecule has 4 nitrogen and oxygen atoms in total. The molecule has 0 saturated heterocycles. The van der Waals surface area contributed by atoms with Gasteiger partial charge in [-0.25, -0.2) is 15.2 Å². The Kier molecular flexibility index (Phi) is 4.33. The number of hydrogen-bond acceptors (Lipinski definition) is 2. The van der Waals surface area contributed by atoms with Gasteiger partial charge in [-0.05, 0) is 24.3 Å². The maximum atomic E-state index is 13.6. The number of benzene rings is 2. The normalized spacial score (nSPS) is 11.2. The summed E-state index contributed by atoms with van der Waals surface area (Å²) in [4.78, 5) is 4.03. The van der Waals surface area contributed by atoms with Gasteiger partial charge >= 0.3 is 0 Å². The molecule has 2 aromatic rings. The standard InChI is InChI=1S/C13H12ClFN4/c14-10-7-4-8-11(15)12(10)18-13(19-16)17-9-5-2-1-3-6-9/h1-8H,16H2,(H2,17,18,19). The second-order valence-corrected chi connectivity index (χ2v) is 4.07. The van der Waals surface area contributed by atoms with E-state index in [1.54, 1.807) is 6.07 Å². The van der Waals surface area contributed by atoms with Crippen LogP contribution in [0.4, 0.5) is 15.8 Å². The van der Waals surface area contributed by atoms with E-state index >= 15 is 0 Å². The number of guanidine groups is 1. The predicted octanol–water partition coefficient (Wildman–Crippen LogP) is 3.04. The Hall–Kier alpha value is -2.11. The molecule has 19 heavy (non-hydrogen) atoms. The summed E-state index contributed by atoms with van der Waals surface area (Å²) in [6.07, 6.45) is 0. The maximum absolute atomic E-state index is 13.6. The van der Waals surface area contributed by atoms with Crippen molar-refractivity contribution in [3.05, 3.63) is 59.4 Å². The first-order valence-electron chi connectivity index (χ1n) is 5.52. The number of nitrogens with zero attached hydrogens (tertiary/aromatic N) is 1. The van der Waals surface area contributed by atoms with Crippen molar-refractivity contribution < 1.29 is 4.39 Å². The van der Waals surface area contributed by atoms with Gasteiger partial charge in [0.1, 0.15) is 11.5 Å². The van der Waals surface area contributed by atoms with Crippen LogP contribution in [-0.4, -0.2) is 5.96 Å². The smallest absolute Gasteiger partial charge is 0.215 e. The summed E-state index contributed by atoms with van der Waals surface area (Å²) in [7, 11) is 0. The molecule has 0 radical (unpaired) electrons. The van der Waals surface area contributed by atoms with Gasteiger partial charge in [-0.3, -0.25) is 5.43 Å². The quantitative estimate of drug-likeness (QED) is 0.342. The molecule has 2 aromatic carbocycles. The van der Waals surface area contributed by atoms with Crippen LogP contribution in [0, 0.1) is 5.82 Å². The van der Waals surface area contributed by atoms with Crippen LogP contribution in [0.2, 0.25) is 5.02 Å². The van der Waals surface area contributed by atoms with E-state index in [1.165, 1.54) is 12.1 Å². The first kappa shape index (κ1) is 13.3. The van der Waals surface area contributed by atoms with E-state index in [1.807, 2.05) is 30.3 Å². The van der Waals surface area contributed by atoms with Crippen molar-refractivity contribution in [2.24, 2.45) is 10.8 Å². The van der Waals surface area contributed by atoms with Gasteiger partial charge in [-0.1, -0.05) is 35.9 Å². The number of rotatable bonds is 2. The minimum Gasteiger partial charge on any atom is -0.325 e. The molecule has 0 fully saturated rings. The number of hydrazine groups is 1. The van der Waals surface area contributed by atoms with Gasteiger partial charge in [0.25, 0.3) is 0 Å². The van der Waals surface area contributed by atoms with Gasteiger partial charge < -0.3 is 5.32 Å². The number of halogens is 2. The lowest BCUT2D eigenvalue weighted by Crippen LogP contribution is -2.36. The van der Waals surface area contributed by atoms with Crippen LogP contribution in [-0.2, 0) is 0 Å². The third kappa shape index (κ3) is 3.43. The average molecular weight is 279 g/mol. The number of para-hydroxylation sites is 2. The number of hydrogen-bond donors (Lipinski definition) is 3. The lowest BCUT2D eigenvalue weighted by Gasteiger charge is -2.09. The predicted molar refractivity (Wildman–Crippen MR) is 75.9 cm³/mol. The zero-order valence-corrected chi connectivity index (χ0v) is 10.7. The Bertz CT molecular complexity index is 566. The summed E-state index contributed by atoms with van der Waals surface area (Å²) in [6.45, 7) is 0. The van der Waals surface area contributed by atoms with E-state index in [-0.39, 0.29) is 16.7 Å². The largest absolute Gasteiger partial charge is 0.325 e. The number of anilines is 1. The first-order chi connectivity index (χ1) is 9.20. The highest BCUT2D eigenvalue weighted by atomic mass is 35.5. The average Bonchev–Trinajstić information content (AvgIpc) is 2.43. The fraction of sp³-hybridized carbons (Fsp3) is 0. The Morgan fingerprint density at radius 2 is 1.84 bits per heavy atom.